The van der Waals surface area contributed by atoms with Gasteiger partial charge in [-0.2, -0.15) is 0 Å². The topological polar surface area (TPSA) is 64.4 Å². The quantitative estimate of drug-likeness (QED) is 0.358. The van der Waals surface area contributed by atoms with Crippen molar-refractivity contribution in [3.63, 3.8) is 0 Å². The van der Waals surface area contributed by atoms with Gasteiger partial charge in [-0.25, -0.2) is 4.98 Å². The molecule has 0 fully saturated rings. The molecule has 30 heavy (non-hydrogen) atoms. The van der Waals surface area contributed by atoms with E-state index >= 15 is 0 Å². The number of para-hydroxylation sites is 1. The number of hydrogen-bond donors (Lipinski definition) is 1. The van der Waals surface area contributed by atoms with E-state index in [2.05, 4.69) is 22.4 Å². The molecule has 2 heterocycles. The SMILES string of the molecule is O=C(CCCOCCc1ccccc1)NCc1ccc(-c2nc3ccccc3s2)o1. The molecular formula is C24H24N2O3S. The van der Waals surface area contributed by atoms with Crippen LogP contribution >= 0.6 is 11.3 Å². The number of nitrogens with zero attached hydrogens (tertiary/aromatic N) is 1. The predicted octanol–water partition coefficient (Wildman–Crippen LogP) is 5.21. The minimum Gasteiger partial charge on any atom is -0.457 e. The first-order valence-electron chi connectivity index (χ1n) is 10.1. The van der Waals surface area contributed by atoms with Crippen molar-refractivity contribution in [2.24, 2.45) is 0 Å². The summed E-state index contributed by atoms with van der Waals surface area (Å²) in [6.45, 7) is 1.63. The Morgan fingerprint density at radius 2 is 1.83 bits per heavy atom. The van der Waals surface area contributed by atoms with Crippen molar-refractivity contribution in [2.75, 3.05) is 13.2 Å². The van der Waals surface area contributed by atoms with Crippen LogP contribution < -0.4 is 5.32 Å². The molecular weight excluding hydrogens is 396 g/mol. The minimum atomic E-state index is -0.000374. The number of fused-ring (bicyclic) bond motifs is 1. The molecule has 4 rings (SSSR count). The van der Waals surface area contributed by atoms with E-state index in [-0.39, 0.29) is 5.91 Å². The number of ether oxygens (including phenoxy) is 1. The van der Waals surface area contributed by atoms with Crippen LogP contribution in [-0.2, 0) is 22.5 Å². The largest absolute Gasteiger partial charge is 0.457 e. The van der Waals surface area contributed by atoms with Crippen molar-refractivity contribution >= 4 is 27.5 Å². The molecule has 0 aliphatic heterocycles. The number of aromatic nitrogens is 1. The number of amides is 1. The number of carbonyl (C=O) groups is 1. The molecule has 6 heteroatoms. The fourth-order valence-corrected chi connectivity index (χ4v) is 4.04. The summed E-state index contributed by atoms with van der Waals surface area (Å²) in [6, 6.07) is 22.0. The molecule has 2 aromatic carbocycles. The van der Waals surface area contributed by atoms with Gasteiger partial charge in [-0.1, -0.05) is 42.5 Å². The zero-order chi connectivity index (χ0) is 20.6. The highest BCUT2D eigenvalue weighted by molar-refractivity contribution is 7.21. The van der Waals surface area contributed by atoms with Gasteiger partial charge in [0.05, 0.1) is 23.4 Å². The molecule has 0 unspecified atom stereocenters. The van der Waals surface area contributed by atoms with Gasteiger partial charge in [0.25, 0.3) is 0 Å². The molecule has 5 nitrogen and oxygen atoms in total. The van der Waals surface area contributed by atoms with Crippen LogP contribution in [-0.4, -0.2) is 24.1 Å². The third kappa shape index (κ3) is 5.55. The van der Waals surface area contributed by atoms with Crippen LogP contribution in [0.2, 0.25) is 0 Å². The number of thiazole rings is 1. The van der Waals surface area contributed by atoms with E-state index in [1.54, 1.807) is 11.3 Å². The predicted molar refractivity (Wildman–Crippen MR) is 119 cm³/mol. The van der Waals surface area contributed by atoms with E-state index in [9.17, 15) is 4.79 Å². The summed E-state index contributed by atoms with van der Waals surface area (Å²) in [4.78, 5) is 16.6. The van der Waals surface area contributed by atoms with Crippen molar-refractivity contribution in [3.05, 3.63) is 78.1 Å². The van der Waals surface area contributed by atoms with Gasteiger partial charge in [0.1, 0.15) is 5.76 Å². The van der Waals surface area contributed by atoms with Gasteiger partial charge in [0, 0.05) is 13.0 Å². The molecule has 0 saturated heterocycles. The summed E-state index contributed by atoms with van der Waals surface area (Å²) in [5, 5.41) is 3.75. The molecule has 2 aromatic heterocycles. The van der Waals surface area contributed by atoms with Crippen molar-refractivity contribution in [1.82, 2.24) is 10.3 Å². The highest BCUT2D eigenvalue weighted by Crippen LogP contribution is 2.31. The second kappa shape index (κ2) is 10.2. The Morgan fingerprint density at radius 3 is 2.70 bits per heavy atom. The number of nitrogens with one attached hydrogen (secondary N) is 1. The Balaban J connectivity index is 1.15. The minimum absolute atomic E-state index is 0.000374. The average molecular weight is 421 g/mol. The van der Waals surface area contributed by atoms with Crippen LogP contribution in [0.4, 0.5) is 0 Å². The van der Waals surface area contributed by atoms with Gasteiger partial charge >= 0.3 is 0 Å². The Morgan fingerprint density at radius 1 is 1.00 bits per heavy atom. The van der Waals surface area contributed by atoms with Crippen LogP contribution in [0.3, 0.4) is 0 Å². The lowest BCUT2D eigenvalue weighted by molar-refractivity contribution is -0.121. The zero-order valence-corrected chi connectivity index (χ0v) is 17.5. The summed E-state index contributed by atoms with van der Waals surface area (Å²) >= 11 is 1.60. The van der Waals surface area contributed by atoms with Crippen LogP contribution in [0.25, 0.3) is 21.0 Å². The van der Waals surface area contributed by atoms with Gasteiger partial charge in [-0.3, -0.25) is 4.79 Å². The molecule has 0 saturated carbocycles. The van der Waals surface area contributed by atoms with Gasteiger partial charge in [0.15, 0.2) is 10.8 Å². The normalized spacial score (nSPS) is 11.1. The molecule has 0 bridgehead atoms. The van der Waals surface area contributed by atoms with Gasteiger partial charge in [-0.05, 0) is 42.7 Å². The van der Waals surface area contributed by atoms with E-state index in [1.165, 1.54) is 5.56 Å². The molecule has 0 atom stereocenters. The van der Waals surface area contributed by atoms with Crippen LogP contribution in [0.15, 0.2) is 71.1 Å². The fourth-order valence-electron chi connectivity index (χ4n) is 3.11. The standard InChI is InChI=1S/C24H24N2O3S/c27-23(11-6-15-28-16-14-18-7-2-1-3-8-18)25-17-19-12-13-21(29-19)24-26-20-9-4-5-10-22(20)30-24/h1-5,7-10,12-13H,6,11,14-17H2,(H,25,27). The van der Waals surface area contributed by atoms with Crippen molar-refractivity contribution in [1.29, 1.82) is 0 Å². The molecule has 0 radical (unpaired) electrons. The Kier molecular flexibility index (Phi) is 6.90. The maximum Gasteiger partial charge on any atom is 0.220 e. The zero-order valence-electron chi connectivity index (χ0n) is 16.7. The molecule has 1 amide bonds. The first kappa shape index (κ1) is 20.3. The van der Waals surface area contributed by atoms with E-state index in [0.29, 0.717) is 32.6 Å². The van der Waals surface area contributed by atoms with Gasteiger partial charge < -0.3 is 14.5 Å². The van der Waals surface area contributed by atoms with Crippen LogP contribution in [0, 0.1) is 0 Å². The number of benzene rings is 2. The second-order valence-electron chi connectivity index (χ2n) is 6.98. The Labute approximate surface area is 179 Å². The molecule has 0 spiro atoms. The highest BCUT2D eigenvalue weighted by Gasteiger charge is 2.11. The third-order valence-corrected chi connectivity index (χ3v) is 5.75. The van der Waals surface area contributed by atoms with E-state index in [0.717, 1.165) is 33.2 Å². The monoisotopic (exact) mass is 420 g/mol. The van der Waals surface area contributed by atoms with E-state index in [1.807, 2.05) is 54.6 Å². The summed E-state index contributed by atoms with van der Waals surface area (Å²) < 4.78 is 12.6. The van der Waals surface area contributed by atoms with Gasteiger partial charge in [0.2, 0.25) is 5.91 Å². The van der Waals surface area contributed by atoms with Gasteiger partial charge in [-0.15, -0.1) is 11.3 Å². The first-order chi connectivity index (χ1) is 14.8. The maximum absolute atomic E-state index is 12.0. The van der Waals surface area contributed by atoms with E-state index < -0.39 is 0 Å². The van der Waals surface area contributed by atoms with Crippen LogP contribution in [0.5, 0.6) is 0 Å². The average Bonchev–Trinajstić information content (AvgIpc) is 3.42. The highest BCUT2D eigenvalue weighted by atomic mass is 32.1. The summed E-state index contributed by atoms with van der Waals surface area (Å²) in [5.41, 5.74) is 2.23. The van der Waals surface area contributed by atoms with Crippen molar-refractivity contribution in [2.45, 2.75) is 25.8 Å². The van der Waals surface area contributed by atoms with E-state index in [4.69, 9.17) is 9.15 Å². The molecule has 0 aliphatic carbocycles. The number of hydrogen-bond acceptors (Lipinski definition) is 5. The van der Waals surface area contributed by atoms with Crippen LogP contribution in [0.1, 0.15) is 24.2 Å². The number of carbonyl (C=O) groups excluding carboxylic acids is 1. The second-order valence-corrected chi connectivity index (χ2v) is 8.01. The molecule has 0 aliphatic rings. The smallest absolute Gasteiger partial charge is 0.220 e. The lowest BCUT2D eigenvalue weighted by Gasteiger charge is -2.05. The van der Waals surface area contributed by atoms with Crippen molar-refractivity contribution in [3.8, 4) is 10.8 Å². The summed E-state index contributed by atoms with van der Waals surface area (Å²) in [7, 11) is 0. The van der Waals surface area contributed by atoms with Crippen molar-refractivity contribution < 1.29 is 13.9 Å². The third-order valence-electron chi connectivity index (χ3n) is 4.70. The maximum atomic E-state index is 12.0. The molecule has 4 aromatic rings. The Bertz CT molecular complexity index is 1050. The summed E-state index contributed by atoms with van der Waals surface area (Å²) in [5.74, 6) is 1.45. The lowest BCUT2D eigenvalue weighted by atomic mass is 10.2. The number of rotatable bonds is 10. The lowest BCUT2D eigenvalue weighted by Crippen LogP contribution is -2.22. The molecule has 154 valence electrons. The Hall–Kier alpha value is -2.96. The first-order valence-corrected chi connectivity index (χ1v) is 10.9. The molecule has 1 N–H and O–H groups in total. The number of furan rings is 1. The fraction of sp³-hybridized carbons (Fsp3) is 0.250. The summed E-state index contributed by atoms with van der Waals surface area (Å²) in [6.07, 6.45) is 2.04.